The third kappa shape index (κ3) is 2.30. The smallest absolute Gasteiger partial charge is 0.261 e. The van der Waals surface area contributed by atoms with E-state index >= 15 is 0 Å². The number of rotatable bonds is 2. The van der Waals surface area contributed by atoms with Gasteiger partial charge in [-0.25, -0.2) is 8.42 Å². The second-order valence-electron chi connectivity index (χ2n) is 5.32. The third-order valence-electron chi connectivity index (χ3n) is 3.76. The Hall–Kier alpha value is -1.93. The van der Waals surface area contributed by atoms with E-state index in [1.54, 1.807) is 6.07 Å². The molecule has 7 nitrogen and oxygen atoms in total. The molecule has 112 valence electrons. The van der Waals surface area contributed by atoms with E-state index in [2.05, 4.69) is 5.32 Å². The molecule has 21 heavy (non-hydrogen) atoms. The van der Waals surface area contributed by atoms with Crippen molar-refractivity contribution in [2.75, 3.05) is 23.9 Å². The standard InChI is InChI=1S/C13H14N2O5S/c1-15-12(17)8-3-2-7(4-9(8)13(15)18)14-10-5-21(19,20)6-11(10)16/h2-4,10-11,14,16H,5-6H2,1H3. The minimum atomic E-state index is -3.25. The Morgan fingerprint density at radius 1 is 1.19 bits per heavy atom. The Morgan fingerprint density at radius 2 is 1.86 bits per heavy atom. The van der Waals surface area contributed by atoms with E-state index in [4.69, 9.17) is 0 Å². The number of carbonyl (C=O) groups excluding carboxylic acids is 2. The average Bonchev–Trinajstić information content (AvgIpc) is 2.79. The maximum absolute atomic E-state index is 11.9. The first-order chi connectivity index (χ1) is 9.78. The van der Waals surface area contributed by atoms with Crippen LogP contribution in [0.4, 0.5) is 5.69 Å². The molecule has 0 saturated carbocycles. The first-order valence-corrected chi connectivity index (χ1v) is 8.22. The molecule has 2 heterocycles. The van der Waals surface area contributed by atoms with Gasteiger partial charge in [0.1, 0.15) is 0 Å². The van der Waals surface area contributed by atoms with Crippen LogP contribution in [0.1, 0.15) is 20.7 Å². The van der Waals surface area contributed by atoms with Gasteiger partial charge in [0, 0.05) is 12.7 Å². The molecule has 1 aromatic rings. The summed E-state index contributed by atoms with van der Waals surface area (Å²) in [5.41, 5.74) is 1.11. The van der Waals surface area contributed by atoms with Crippen molar-refractivity contribution >= 4 is 27.3 Å². The van der Waals surface area contributed by atoms with Crippen molar-refractivity contribution in [1.82, 2.24) is 4.90 Å². The van der Waals surface area contributed by atoms with Gasteiger partial charge in [-0.15, -0.1) is 0 Å². The number of aliphatic hydroxyl groups excluding tert-OH is 1. The van der Waals surface area contributed by atoms with Crippen LogP contribution in [-0.4, -0.2) is 60.9 Å². The minimum Gasteiger partial charge on any atom is -0.390 e. The lowest BCUT2D eigenvalue weighted by molar-refractivity contribution is 0.0693. The van der Waals surface area contributed by atoms with Crippen LogP contribution in [0.3, 0.4) is 0 Å². The average molecular weight is 310 g/mol. The van der Waals surface area contributed by atoms with Crippen LogP contribution in [0.15, 0.2) is 18.2 Å². The second kappa shape index (κ2) is 4.54. The van der Waals surface area contributed by atoms with Crippen molar-refractivity contribution in [2.24, 2.45) is 0 Å². The zero-order chi connectivity index (χ0) is 15.4. The molecule has 0 radical (unpaired) electrons. The van der Waals surface area contributed by atoms with E-state index < -0.39 is 27.9 Å². The van der Waals surface area contributed by atoms with Crippen molar-refractivity contribution in [3.05, 3.63) is 29.3 Å². The fourth-order valence-corrected chi connectivity index (χ4v) is 4.37. The number of anilines is 1. The Balaban J connectivity index is 1.87. The summed E-state index contributed by atoms with van der Waals surface area (Å²) in [5.74, 6) is -1.17. The number of hydrogen-bond donors (Lipinski definition) is 2. The van der Waals surface area contributed by atoms with Gasteiger partial charge in [0.2, 0.25) is 0 Å². The quantitative estimate of drug-likeness (QED) is 0.713. The Kier molecular flexibility index (Phi) is 3.03. The summed E-state index contributed by atoms with van der Waals surface area (Å²) in [7, 11) is -1.84. The second-order valence-corrected chi connectivity index (χ2v) is 7.48. The van der Waals surface area contributed by atoms with Gasteiger partial charge in [0.05, 0.1) is 34.8 Å². The number of aliphatic hydroxyl groups is 1. The van der Waals surface area contributed by atoms with Crippen LogP contribution in [0.5, 0.6) is 0 Å². The molecule has 1 aromatic carbocycles. The van der Waals surface area contributed by atoms with Crippen molar-refractivity contribution in [1.29, 1.82) is 0 Å². The van der Waals surface area contributed by atoms with E-state index in [0.29, 0.717) is 11.3 Å². The Labute approximate surface area is 121 Å². The molecule has 0 aromatic heterocycles. The number of fused-ring (bicyclic) bond motifs is 1. The predicted octanol–water partition coefficient (Wildman–Crippen LogP) is -0.518. The highest BCUT2D eigenvalue weighted by atomic mass is 32.2. The largest absolute Gasteiger partial charge is 0.390 e. The Morgan fingerprint density at radius 3 is 2.48 bits per heavy atom. The van der Waals surface area contributed by atoms with Gasteiger partial charge in [-0.3, -0.25) is 14.5 Å². The van der Waals surface area contributed by atoms with E-state index in [1.807, 2.05) is 0 Å². The van der Waals surface area contributed by atoms with Gasteiger partial charge in [0.25, 0.3) is 11.8 Å². The molecule has 1 saturated heterocycles. The van der Waals surface area contributed by atoms with Gasteiger partial charge in [-0.05, 0) is 18.2 Å². The molecule has 8 heteroatoms. The van der Waals surface area contributed by atoms with Crippen LogP contribution in [0.25, 0.3) is 0 Å². The number of amides is 2. The molecule has 2 aliphatic rings. The van der Waals surface area contributed by atoms with E-state index in [-0.39, 0.29) is 23.0 Å². The molecular weight excluding hydrogens is 296 g/mol. The molecule has 2 atom stereocenters. The van der Waals surface area contributed by atoms with Crippen LogP contribution in [-0.2, 0) is 9.84 Å². The fourth-order valence-electron chi connectivity index (χ4n) is 2.63. The molecule has 0 aliphatic carbocycles. The predicted molar refractivity (Wildman–Crippen MR) is 74.9 cm³/mol. The van der Waals surface area contributed by atoms with Gasteiger partial charge in [-0.2, -0.15) is 0 Å². The van der Waals surface area contributed by atoms with Crippen LogP contribution in [0, 0.1) is 0 Å². The molecular formula is C13H14N2O5S. The number of sulfone groups is 1. The summed E-state index contributed by atoms with van der Waals surface area (Å²) >= 11 is 0. The summed E-state index contributed by atoms with van der Waals surface area (Å²) in [6.45, 7) is 0. The maximum atomic E-state index is 11.9. The maximum Gasteiger partial charge on any atom is 0.261 e. The molecule has 3 rings (SSSR count). The minimum absolute atomic E-state index is 0.155. The van der Waals surface area contributed by atoms with Crippen molar-refractivity contribution in [3.63, 3.8) is 0 Å². The third-order valence-corrected chi connectivity index (χ3v) is 5.48. The monoisotopic (exact) mass is 310 g/mol. The highest BCUT2D eigenvalue weighted by molar-refractivity contribution is 7.91. The summed E-state index contributed by atoms with van der Waals surface area (Å²) in [4.78, 5) is 24.7. The normalized spacial score (nSPS) is 27.0. The molecule has 2 amide bonds. The molecule has 2 unspecified atom stereocenters. The van der Waals surface area contributed by atoms with E-state index in [1.165, 1.54) is 19.2 Å². The lowest BCUT2D eigenvalue weighted by Crippen LogP contribution is -2.31. The number of benzene rings is 1. The molecule has 0 bridgehead atoms. The number of imide groups is 1. The van der Waals surface area contributed by atoms with Crippen molar-refractivity contribution in [3.8, 4) is 0 Å². The summed E-state index contributed by atoms with van der Waals surface area (Å²) < 4.78 is 22.9. The lowest BCUT2D eigenvalue weighted by Gasteiger charge is -2.16. The van der Waals surface area contributed by atoms with Crippen molar-refractivity contribution < 1.29 is 23.1 Å². The van der Waals surface area contributed by atoms with Gasteiger partial charge < -0.3 is 10.4 Å². The number of hydrogen-bond acceptors (Lipinski definition) is 6. The molecule has 2 aliphatic heterocycles. The summed E-state index contributed by atoms with van der Waals surface area (Å²) in [6.07, 6.45) is -0.983. The van der Waals surface area contributed by atoms with Crippen LogP contribution in [0.2, 0.25) is 0 Å². The highest BCUT2D eigenvalue weighted by Gasteiger charge is 2.37. The zero-order valence-corrected chi connectivity index (χ0v) is 12.1. The van der Waals surface area contributed by atoms with Gasteiger partial charge >= 0.3 is 0 Å². The number of nitrogens with zero attached hydrogens (tertiary/aromatic N) is 1. The van der Waals surface area contributed by atoms with Gasteiger partial charge in [-0.1, -0.05) is 0 Å². The molecule has 1 fully saturated rings. The first-order valence-electron chi connectivity index (χ1n) is 6.40. The SMILES string of the molecule is CN1C(=O)c2ccc(NC3CS(=O)(=O)CC3O)cc2C1=O. The molecule has 2 N–H and O–H groups in total. The zero-order valence-electron chi connectivity index (χ0n) is 11.2. The fraction of sp³-hybridized carbons (Fsp3) is 0.385. The Bertz CT molecular complexity index is 743. The number of carbonyl (C=O) groups is 2. The molecule has 0 spiro atoms. The van der Waals surface area contributed by atoms with Crippen molar-refractivity contribution in [2.45, 2.75) is 12.1 Å². The van der Waals surface area contributed by atoms with Gasteiger partial charge in [0.15, 0.2) is 9.84 Å². The van der Waals surface area contributed by atoms with E-state index in [0.717, 1.165) is 4.90 Å². The summed E-state index contributed by atoms with van der Waals surface area (Å²) in [6, 6.07) is 4.02. The first kappa shape index (κ1) is 14.0. The number of nitrogens with one attached hydrogen (secondary N) is 1. The van der Waals surface area contributed by atoms with Crippen LogP contribution >= 0.6 is 0 Å². The summed E-state index contributed by atoms with van der Waals surface area (Å²) in [5, 5.41) is 12.7. The van der Waals surface area contributed by atoms with E-state index in [9.17, 15) is 23.1 Å². The van der Waals surface area contributed by atoms with Crippen LogP contribution < -0.4 is 5.32 Å². The topological polar surface area (TPSA) is 104 Å². The lowest BCUT2D eigenvalue weighted by atomic mass is 10.1. The highest BCUT2D eigenvalue weighted by Crippen LogP contribution is 2.26.